The molecule has 0 saturated heterocycles. The maximum atomic E-state index is 12.6. The van der Waals surface area contributed by atoms with Crippen molar-refractivity contribution in [2.24, 2.45) is 5.10 Å². The van der Waals surface area contributed by atoms with Crippen LogP contribution in [0.3, 0.4) is 0 Å². The summed E-state index contributed by atoms with van der Waals surface area (Å²) in [5, 5.41) is 6.34. The minimum Gasteiger partial charge on any atom is -0.494 e. The van der Waals surface area contributed by atoms with Gasteiger partial charge in [0.15, 0.2) is 0 Å². The Balaban J connectivity index is 1.63. The summed E-state index contributed by atoms with van der Waals surface area (Å²) in [5.74, 6) is -1.49. The maximum Gasteiger partial charge on any atom is 0.343 e. The lowest BCUT2D eigenvalue weighted by molar-refractivity contribution is -0.136. The van der Waals surface area contributed by atoms with Crippen LogP contribution in [0.5, 0.6) is 11.5 Å². The molecule has 0 atom stereocenters. The summed E-state index contributed by atoms with van der Waals surface area (Å²) in [6.45, 7) is 4.42. The number of esters is 1. The molecule has 2 amide bonds. The van der Waals surface area contributed by atoms with Gasteiger partial charge in [-0.1, -0.05) is 35.0 Å². The number of nitrogens with one attached hydrogen (secondary N) is 2. The van der Waals surface area contributed by atoms with Crippen LogP contribution in [0.25, 0.3) is 0 Å². The molecule has 0 fully saturated rings. The summed E-state index contributed by atoms with van der Waals surface area (Å²) < 4.78 is 11.6. The molecular formula is C26H24BrN3O5. The number of hydrazone groups is 1. The summed E-state index contributed by atoms with van der Waals surface area (Å²) >= 11 is 3.35. The third-order valence-electron chi connectivity index (χ3n) is 4.77. The average Bonchev–Trinajstić information content (AvgIpc) is 2.86. The number of anilines is 1. The maximum absolute atomic E-state index is 12.6. The number of aryl methyl sites for hydroxylation is 1. The lowest BCUT2D eigenvalue weighted by Gasteiger charge is -2.09. The molecule has 0 aliphatic rings. The molecule has 0 aliphatic carbocycles. The molecule has 0 spiro atoms. The predicted molar refractivity (Wildman–Crippen MR) is 137 cm³/mol. The van der Waals surface area contributed by atoms with Gasteiger partial charge in [-0.05, 0) is 73.5 Å². The summed E-state index contributed by atoms with van der Waals surface area (Å²) in [7, 11) is 0. The Morgan fingerprint density at radius 3 is 2.31 bits per heavy atom. The van der Waals surface area contributed by atoms with Gasteiger partial charge in [0.05, 0.1) is 18.4 Å². The standard InChI is InChI=1S/C26H24BrN3O5/c1-3-17-5-10-21(11-6-17)29-24(31)25(32)30-28-16-19-15-20(27)9-14-23(19)35-26(33)18-7-12-22(13-8-18)34-4-2/h5-16H,3-4H2,1-2H3,(H,29,31)(H,30,32)/b28-16-. The van der Waals surface area contributed by atoms with Crippen LogP contribution in [0.15, 0.2) is 76.3 Å². The predicted octanol–water partition coefficient (Wildman–Crippen LogP) is 4.72. The van der Waals surface area contributed by atoms with Crippen molar-refractivity contribution in [3.63, 3.8) is 0 Å². The van der Waals surface area contributed by atoms with Crippen molar-refractivity contribution >= 4 is 45.6 Å². The van der Waals surface area contributed by atoms with Crippen LogP contribution < -0.4 is 20.2 Å². The van der Waals surface area contributed by atoms with E-state index >= 15 is 0 Å². The Morgan fingerprint density at radius 1 is 0.943 bits per heavy atom. The smallest absolute Gasteiger partial charge is 0.343 e. The fourth-order valence-corrected chi connectivity index (χ4v) is 3.33. The molecule has 0 heterocycles. The van der Waals surface area contributed by atoms with Gasteiger partial charge in [-0.2, -0.15) is 5.10 Å². The topological polar surface area (TPSA) is 106 Å². The number of hydrogen-bond donors (Lipinski definition) is 2. The van der Waals surface area contributed by atoms with E-state index in [9.17, 15) is 14.4 Å². The van der Waals surface area contributed by atoms with Gasteiger partial charge in [-0.15, -0.1) is 0 Å². The van der Waals surface area contributed by atoms with E-state index in [1.807, 2.05) is 26.0 Å². The minimum absolute atomic E-state index is 0.227. The molecule has 0 aromatic heterocycles. The van der Waals surface area contributed by atoms with Crippen molar-refractivity contribution in [3.05, 3.63) is 87.9 Å². The van der Waals surface area contributed by atoms with Gasteiger partial charge in [-0.25, -0.2) is 10.2 Å². The Kier molecular flexibility index (Phi) is 9.14. The van der Waals surface area contributed by atoms with Crippen molar-refractivity contribution in [2.45, 2.75) is 20.3 Å². The SMILES string of the molecule is CCOc1ccc(C(=O)Oc2ccc(Br)cc2/C=N\NC(=O)C(=O)Nc2ccc(CC)cc2)cc1. The van der Waals surface area contributed by atoms with Gasteiger partial charge >= 0.3 is 17.8 Å². The summed E-state index contributed by atoms with van der Waals surface area (Å²) in [6.07, 6.45) is 2.16. The first kappa shape index (κ1) is 25.6. The van der Waals surface area contributed by atoms with Gasteiger partial charge < -0.3 is 14.8 Å². The van der Waals surface area contributed by atoms with Crippen LogP contribution in [-0.2, 0) is 16.0 Å². The van der Waals surface area contributed by atoms with E-state index in [4.69, 9.17) is 9.47 Å². The molecular weight excluding hydrogens is 514 g/mol. The summed E-state index contributed by atoms with van der Waals surface area (Å²) in [4.78, 5) is 36.8. The number of carbonyl (C=O) groups excluding carboxylic acids is 3. The fourth-order valence-electron chi connectivity index (χ4n) is 2.95. The van der Waals surface area contributed by atoms with Crippen LogP contribution in [0.1, 0.15) is 35.3 Å². The molecule has 0 radical (unpaired) electrons. The molecule has 3 aromatic rings. The molecule has 0 bridgehead atoms. The third-order valence-corrected chi connectivity index (χ3v) is 5.26. The Bertz CT molecular complexity index is 1220. The average molecular weight is 538 g/mol. The quantitative estimate of drug-likeness (QED) is 0.142. The van der Waals surface area contributed by atoms with Crippen LogP contribution in [0.4, 0.5) is 5.69 Å². The molecule has 8 nitrogen and oxygen atoms in total. The molecule has 9 heteroatoms. The van der Waals surface area contributed by atoms with E-state index in [-0.39, 0.29) is 5.75 Å². The second kappa shape index (κ2) is 12.5. The minimum atomic E-state index is -0.941. The second-order valence-electron chi connectivity index (χ2n) is 7.23. The number of carbonyl (C=O) groups is 3. The Labute approximate surface area is 211 Å². The highest BCUT2D eigenvalue weighted by Crippen LogP contribution is 2.23. The highest BCUT2D eigenvalue weighted by molar-refractivity contribution is 9.10. The number of nitrogens with zero attached hydrogens (tertiary/aromatic N) is 1. The van der Waals surface area contributed by atoms with Crippen LogP contribution in [0.2, 0.25) is 0 Å². The monoisotopic (exact) mass is 537 g/mol. The van der Waals surface area contributed by atoms with Gasteiger partial charge in [0.25, 0.3) is 0 Å². The fraction of sp³-hybridized carbons (Fsp3) is 0.154. The highest BCUT2D eigenvalue weighted by Gasteiger charge is 2.14. The Morgan fingerprint density at radius 2 is 1.66 bits per heavy atom. The highest BCUT2D eigenvalue weighted by atomic mass is 79.9. The molecule has 2 N–H and O–H groups in total. The number of halogens is 1. The van der Waals surface area contributed by atoms with E-state index in [1.54, 1.807) is 54.6 Å². The number of ether oxygens (including phenoxy) is 2. The third kappa shape index (κ3) is 7.51. The van der Waals surface area contributed by atoms with Gasteiger partial charge in [-0.3, -0.25) is 9.59 Å². The van der Waals surface area contributed by atoms with Gasteiger partial charge in [0, 0.05) is 15.7 Å². The zero-order valence-electron chi connectivity index (χ0n) is 19.2. The van der Waals surface area contributed by atoms with E-state index in [1.165, 1.54) is 6.21 Å². The first-order valence-electron chi connectivity index (χ1n) is 10.9. The summed E-state index contributed by atoms with van der Waals surface area (Å²) in [6, 6.07) is 18.7. The van der Waals surface area contributed by atoms with Crippen LogP contribution in [-0.4, -0.2) is 30.6 Å². The lowest BCUT2D eigenvalue weighted by atomic mass is 10.1. The van der Waals surface area contributed by atoms with Crippen molar-refractivity contribution in [1.82, 2.24) is 5.43 Å². The summed E-state index contributed by atoms with van der Waals surface area (Å²) in [5.41, 5.74) is 4.55. The zero-order valence-corrected chi connectivity index (χ0v) is 20.8. The van der Waals surface area contributed by atoms with Crippen molar-refractivity contribution < 1.29 is 23.9 Å². The number of benzene rings is 3. The van der Waals surface area contributed by atoms with Crippen molar-refractivity contribution in [2.75, 3.05) is 11.9 Å². The lowest BCUT2D eigenvalue weighted by Crippen LogP contribution is -2.32. The number of rotatable bonds is 8. The molecule has 0 unspecified atom stereocenters. The second-order valence-corrected chi connectivity index (χ2v) is 8.15. The van der Waals surface area contributed by atoms with E-state index in [2.05, 4.69) is 31.8 Å². The molecule has 180 valence electrons. The molecule has 0 saturated carbocycles. The first-order chi connectivity index (χ1) is 16.9. The van der Waals surface area contributed by atoms with Crippen LogP contribution >= 0.6 is 15.9 Å². The van der Waals surface area contributed by atoms with E-state index in [0.29, 0.717) is 33.6 Å². The van der Waals surface area contributed by atoms with Gasteiger partial charge in [0.2, 0.25) is 0 Å². The molecule has 3 rings (SSSR count). The molecule has 35 heavy (non-hydrogen) atoms. The first-order valence-corrected chi connectivity index (χ1v) is 11.7. The molecule has 3 aromatic carbocycles. The normalized spacial score (nSPS) is 10.6. The zero-order chi connectivity index (χ0) is 25.2. The van der Waals surface area contributed by atoms with Gasteiger partial charge in [0.1, 0.15) is 11.5 Å². The largest absolute Gasteiger partial charge is 0.494 e. The Hall–Kier alpha value is -3.98. The van der Waals surface area contributed by atoms with E-state index in [0.717, 1.165) is 12.0 Å². The van der Waals surface area contributed by atoms with Crippen LogP contribution in [0, 0.1) is 0 Å². The molecule has 0 aliphatic heterocycles. The number of amides is 2. The van der Waals surface area contributed by atoms with Crippen molar-refractivity contribution in [1.29, 1.82) is 0 Å². The van der Waals surface area contributed by atoms with E-state index < -0.39 is 17.8 Å². The van der Waals surface area contributed by atoms with Crippen molar-refractivity contribution in [3.8, 4) is 11.5 Å². The number of hydrogen-bond acceptors (Lipinski definition) is 6.